The SMILES string of the molecule is CC1CN(C(=O)OC(C)(C)C)CCCC[C@H]1C. The molecule has 1 amide bonds. The van der Waals surface area contributed by atoms with Crippen molar-refractivity contribution in [2.24, 2.45) is 11.8 Å². The van der Waals surface area contributed by atoms with Gasteiger partial charge in [0.2, 0.25) is 0 Å². The van der Waals surface area contributed by atoms with E-state index in [2.05, 4.69) is 13.8 Å². The van der Waals surface area contributed by atoms with Crippen LogP contribution in [-0.2, 0) is 4.74 Å². The fourth-order valence-corrected chi connectivity index (χ4v) is 2.16. The molecule has 0 aromatic heterocycles. The summed E-state index contributed by atoms with van der Waals surface area (Å²) in [6, 6.07) is 0. The van der Waals surface area contributed by atoms with Crippen LogP contribution in [0.3, 0.4) is 0 Å². The lowest BCUT2D eigenvalue weighted by molar-refractivity contribution is 0.0187. The minimum Gasteiger partial charge on any atom is -0.444 e. The topological polar surface area (TPSA) is 29.5 Å². The highest BCUT2D eigenvalue weighted by Crippen LogP contribution is 2.23. The summed E-state index contributed by atoms with van der Waals surface area (Å²) in [6.45, 7) is 11.9. The molecule has 3 nitrogen and oxygen atoms in total. The third-order valence-electron chi connectivity index (χ3n) is 3.47. The van der Waals surface area contributed by atoms with Gasteiger partial charge in [0, 0.05) is 13.1 Å². The quantitative estimate of drug-likeness (QED) is 0.647. The summed E-state index contributed by atoms with van der Waals surface area (Å²) in [6.07, 6.45) is 3.43. The summed E-state index contributed by atoms with van der Waals surface area (Å²) in [7, 11) is 0. The van der Waals surface area contributed by atoms with E-state index < -0.39 is 5.60 Å². The molecule has 0 bridgehead atoms. The number of nitrogens with zero attached hydrogens (tertiary/aromatic N) is 1. The standard InChI is InChI=1S/C14H27NO2/c1-11-8-6-7-9-15(10-12(11)2)13(16)17-14(3,4)5/h11-12H,6-10H2,1-5H3/t11-,12?/m1/s1. The van der Waals surface area contributed by atoms with Crippen molar-refractivity contribution >= 4 is 6.09 Å². The average Bonchev–Trinajstić information content (AvgIpc) is 2.16. The van der Waals surface area contributed by atoms with Crippen LogP contribution >= 0.6 is 0 Å². The number of rotatable bonds is 0. The van der Waals surface area contributed by atoms with Gasteiger partial charge in [-0.15, -0.1) is 0 Å². The molecule has 0 radical (unpaired) electrons. The maximum atomic E-state index is 12.0. The molecular weight excluding hydrogens is 214 g/mol. The predicted molar refractivity (Wildman–Crippen MR) is 70.0 cm³/mol. The van der Waals surface area contributed by atoms with E-state index in [4.69, 9.17) is 4.74 Å². The molecule has 1 aliphatic heterocycles. The molecule has 1 heterocycles. The first-order chi connectivity index (χ1) is 7.79. The molecule has 1 fully saturated rings. The second-order valence-electron chi connectivity index (χ2n) is 6.38. The van der Waals surface area contributed by atoms with Crippen LogP contribution in [0.4, 0.5) is 4.79 Å². The van der Waals surface area contributed by atoms with Gasteiger partial charge in [-0.1, -0.05) is 26.7 Å². The largest absolute Gasteiger partial charge is 0.444 e. The van der Waals surface area contributed by atoms with Crippen LogP contribution in [0.5, 0.6) is 0 Å². The van der Waals surface area contributed by atoms with Gasteiger partial charge in [0.1, 0.15) is 5.60 Å². The lowest BCUT2D eigenvalue weighted by Crippen LogP contribution is -2.41. The Morgan fingerprint density at radius 3 is 2.41 bits per heavy atom. The Kier molecular flexibility index (Phi) is 4.84. The molecule has 0 saturated carbocycles. The lowest BCUT2D eigenvalue weighted by atomic mass is 9.89. The number of carbonyl (C=O) groups is 1. The first kappa shape index (κ1) is 14.3. The first-order valence-corrected chi connectivity index (χ1v) is 6.77. The number of hydrogen-bond donors (Lipinski definition) is 0. The highest BCUT2D eigenvalue weighted by Gasteiger charge is 2.26. The molecule has 0 spiro atoms. The van der Waals surface area contributed by atoms with E-state index in [1.54, 1.807) is 0 Å². The van der Waals surface area contributed by atoms with Crippen molar-refractivity contribution in [2.75, 3.05) is 13.1 Å². The van der Waals surface area contributed by atoms with Crippen LogP contribution in [0.25, 0.3) is 0 Å². The average molecular weight is 241 g/mol. The summed E-state index contributed by atoms with van der Waals surface area (Å²) in [5, 5.41) is 0. The summed E-state index contributed by atoms with van der Waals surface area (Å²) in [4.78, 5) is 13.9. The van der Waals surface area contributed by atoms with Crippen molar-refractivity contribution in [3.63, 3.8) is 0 Å². The van der Waals surface area contributed by atoms with Gasteiger partial charge in [-0.25, -0.2) is 4.79 Å². The fourth-order valence-electron chi connectivity index (χ4n) is 2.16. The van der Waals surface area contributed by atoms with Crippen LogP contribution in [0.1, 0.15) is 53.9 Å². The van der Waals surface area contributed by atoms with Crippen molar-refractivity contribution in [1.82, 2.24) is 4.90 Å². The van der Waals surface area contributed by atoms with Gasteiger partial charge >= 0.3 is 6.09 Å². The summed E-state index contributed by atoms with van der Waals surface area (Å²) < 4.78 is 5.44. The fraction of sp³-hybridized carbons (Fsp3) is 0.929. The van der Waals surface area contributed by atoms with Gasteiger partial charge in [-0.05, 0) is 39.0 Å². The highest BCUT2D eigenvalue weighted by molar-refractivity contribution is 5.68. The molecule has 1 saturated heterocycles. The zero-order valence-electron chi connectivity index (χ0n) is 12.0. The maximum Gasteiger partial charge on any atom is 0.410 e. The molecule has 1 rings (SSSR count). The van der Waals surface area contributed by atoms with Gasteiger partial charge in [0.25, 0.3) is 0 Å². The Morgan fingerprint density at radius 1 is 1.18 bits per heavy atom. The van der Waals surface area contributed by atoms with Gasteiger partial charge < -0.3 is 9.64 Å². The minimum absolute atomic E-state index is 0.154. The Labute approximate surface area is 106 Å². The van der Waals surface area contributed by atoms with Crippen LogP contribution in [0.15, 0.2) is 0 Å². The van der Waals surface area contributed by atoms with E-state index in [1.807, 2.05) is 25.7 Å². The smallest absolute Gasteiger partial charge is 0.410 e. The molecule has 0 aromatic carbocycles. The van der Waals surface area contributed by atoms with Crippen molar-refractivity contribution in [2.45, 2.75) is 59.5 Å². The third-order valence-corrected chi connectivity index (χ3v) is 3.47. The van der Waals surface area contributed by atoms with Crippen LogP contribution in [0, 0.1) is 11.8 Å². The molecule has 1 unspecified atom stereocenters. The number of hydrogen-bond acceptors (Lipinski definition) is 2. The molecule has 0 N–H and O–H groups in total. The first-order valence-electron chi connectivity index (χ1n) is 6.77. The predicted octanol–water partition coefficient (Wildman–Crippen LogP) is 3.68. The minimum atomic E-state index is -0.395. The zero-order valence-corrected chi connectivity index (χ0v) is 12.0. The van der Waals surface area contributed by atoms with Gasteiger partial charge in [0.15, 0.2) is 0 Å². The third kappa shape index (κ3) is 4.97. The van der Waals surface area contributed by atoms with E-state index in [-0.39, 0.29) is 6.09 Å². The molecule has 0 aliphatic carbocycles. The Hall–Kier alpha value is -0.730. The second-order valence-corrected chi connectivity index (χ2v) is 6.38. The Morgan fingerprint density at radius 2 is 1.82 bits per heavy atom. The van der Waals surface area contributed by atoms with Crippen molar-refractivity contribution in [3.8, 4) is 0 Å². The van der Waals surface area contributed by atoms with E-state index in [0.717, 1.165) is 19.5 Å². The van der Waals surface area contributed by atoms with Crippen LogP contribution in [-0.4, -0.2) is 29.7 Å². The van der Waals surface area contributed by atoms with E-state index in [9.17, 15) is 4.79 Å². The van der Waals surface area contributed by atoms with Crippen molar-refractivity contribution < 1.29 is 9.53 Å². The van der Waals surface area contributed by atoms with E-state index in [1.165, 1.54) is 12.8 Å². The number of amides is 1. The zero-order chi connectivity index (χ0) is 13.1. The summed E-state index contributed by atoms with van der Waals surface area (Å²) >= 11 is 0. The maximum absolute atomic E-state index is 12.0. The molecule has 0 aromatic rings. The normalized spacial score (nSPS) is 27.2. The Balaban J connectivity index is 2.58. The van der Waals surface area contributed by atoms with Crippen LogP contribution < -0.4 is 0 Å². The van der Waals surface area contributed by atoms with Crippen molar-refractivity contribution in [3.05, 3.63) is 0 Å². The van der Waals surface area contributed by atoms with E-state index in [0.29, 0.717) is 11.8 Å². The van der Waals surface area contributed by atoms with E-state index >= 15 is 0 Å². The molecule has 100 valence electrons. The Bertz CT molecular complexity index is 257. The van der Waals surface area contributed by atoms with Gasteiger partial charge in [-0.2, -0.15) is 0 Å². The molecular formula is C14H27NO2. The molecule has 3 heteroatoms. The number of carbonyl (C=O) groups excluding carboxylic acids is 1. The summed E-state index contributed by atoms with van der Waals surface area (Å²) in [5.74, 6) is 1.25. The van der Waals surface area contributed by atoms with Gasteiger partial charge in [0.05, 0.1) is 0 Å². The second kappa shape index (κ2) is 5.74. The number of ether oxygens (including phenoxy) is 1. The molecule has 1 aliphatic rings. The highest BCUT2D eigenvalue weighted by atomic mass is 16.6. The monoisotopic (exact) mass is 241 g/mol. The molecule has 17 heavy (non-hydrogen) atoms. The number of likely N-dealkylation sites (tertiary alicyclic amines) is 1. The molecule has 2 atom stereocenters. The summed E-state index contributed by atoms with van der Waals surface area (Å²) in [5.41, 5.74) is -0.395. The van der Waals surface area contributed by atoms with Crippen molar-refractivity contribution in [1.29, 1.82) is 0 Å². The van der Waals surface area contributed by atoms with Crippen LogP contribution in [0.2, 0.25) is 0 Å². The lowest BCUT2D eigenvalue weighted by Gasteiger charge is -2.33. The van der Waals surface area contributed by atoms with Gasteiger partial charge in [-0.3, -0.25) is 0 Å².